The summed E-state index contributed by atoms with van der Waals surface area (Å²) in [6.45, 7) is 1.72. The fourth-order valence-corrected chi connectivity index (χ4v) is 3.83. The molecular formula is C22H18ClF3O3S. The van der Waals surface area contributed by atoms with Crippen molar-refractivity contribution in [3.8, 4) is 16.9 Å². The minimum atomic E-state index is -0.890. The van der Waals surface area contributed by atoms with E-state index in [4.69, 9.17) is 21.1 Å². The van der Waals surface area contributed by atoms with Gasteiger partial charge in [-0.3, -0.25) is 4.79 Å². The number of ether oxygens (including phenoxy) is 2. The molecule has 0 amide bonds. The lowest BCUT2D eigenvalue weighted by molar-refractivity contribution is -0.143. The van der Waals surface area contributed by atoms with E-state index < -0.39 is 28.5 Å². The number of thiophene rings is 1. The molecule has 0 atom stereocenters. The van der Waals surface area contributed by atoms with E-state index in [9.17, 15) is 18.0 Å². The summed E-state index contributed by atoms with van der Waals surface area (Å²) in [7, 11) is 0. The number of esters is 1. The number of halogens is 4. The highest BCUT2D eigenvalue weighted by Gasteiger charge is 2.17. The summed E-state index contributed by atoms with van der Waals surface area (Å²) in [6, 6.07) is 10.4. The molecule has 0 unspecified atom stereocenters. The van der Waals surface area contributed by atoms with Crippen molar-refractivity contribution < 1.29 is 27.4 Å². The maximum absolute atomic E-state index is 14.4. The van der Waals surface area contributed by atoms with Gasteiger partial charge in [-0.25, -0.2) is 8.78 Å². The van der Waals surface area contributed by atoms with Crippen molar-refractivity contribution in [1.82, 2.24) is 0 Å². The Hall–Kier alpha value is -2.51. The van der Waals surface area contributed by atoms with Crippen LogP contribution in [0.25, 0.3) is 11.1 Å². The maximum atomic E-state index is 14.4. The van der Waals surface area contributed by atoms with Crippen LogP contribution >= 0.6 is 22.9 Å². The lowest BCUT2D eigenvalue weighted by Gasteiger charge is -2.11. The molecule has 1 aromatic heterocycles. The van der Waals surface area contributed by atoms with Gasteiger partial charge in [-0.15, -0.1) is 11.3 Å². The molecule has 8 heteroatoms. The molecule has 0 N–H and O–H groups in total. The van der Waals surface area contributed by atoms with Crippen molar-refractivity contribution in [3.63, 3.8) is 0 Å². The third kappa shape index (κ3) is 5.55. The molecule has 0 aliphatic carbocycles. The largest absolute Gasteiger partial charge is 0.482 e. The van der Waals surface area contributed by atoms with Crippen LogP contribution in [-0.2, 0) is 22.6 Å². The summed E-state index contributed by atoms with van der Waals surface area (Å²) in [5.74, 6) is -2.77. The van der Waals surface area contributed by atoms with E-state index in [1.165, 1.54) is 6.07 Å². The predicted octanol–water partition coefficient (Wildman–Crippen LogP) is 6.56. The zero-order valence-electron chi connectivity index (χ0n) is 16.0. The highest BCUT2D eigenvalue weighted by Crippen LogP contribution is 2.33. The molecular weight excluding hydrogens is 437 g/mol. The quantitative estimate of drug-likeness (QED) is 0.361. The Morgan fingerprint density at radius 3 is 2.37 bits per heavy atom. The number of aryl methyl sites for hydroxylation is 1. The van der Waals surface area contributed by atoms with Gasteiger partial charge in [-0.05, 0) is 54.8 Å². The second-order valence-electron chi connectivity index (χ2n) is 6.38. The van der Waals surface area contributed by atoms with Gasteiger partial charge in [0.05, 0.1) is 11.5 Å². The first-order chi connectivity index (χ1) is 14.4. The van der Waals surface area contributed by atoms with E-state index in [1.54, 1.807) is 31.2 Å². The van der Waals surface area contributed by atoms with Crippen molar-refractivity contribution in [1.29, 1.82) is 0 Å². The fraction of sp³-hybridized carbons (Fsp3) is 0.227. The smallest absolute Gasteiger partial charge is 0.306 e. The standard InChI is InChI=1S/C22H18ClF3O3S/c1-2-28-21(27)8-3-13-9-17(24)22(18(25)10-13)29-12-19-16(11-20(26)30-19)14-4-6-15(23)7-5-14/h4-7,9-11H,2-3,8,12H2,1H3. The lowest BCUT2D eigenvalue weighted by Crippen LogP contribution is -2.06. The van der Waals surface area contributed by atoms with Gasteiger partial charge in [0.2, 0.25) is 0 Å². The third-order valence-corrected chi connectivity index (χ3v) is 5.41. The van der Waals surface area contributed by atoms with Gasteiger partial charge < -0.3 is 9.47 Å². The number of rotatable bonds is 8. The molecule has 0 aliphatic heterocycles. The number of carbonyl (C=O) groups excluding carboxylic acids is 1. The summed E-state index contributed by atoms with van der Waals surface area (Å²) in [5.41, 5.74) is 1.60. The number of carbonyl (C=O) groups is 1. The van der Waals surface area contributed by atoms with Gasteiger partial charge in [0.25, 0.3) is 0 Å². The highest BCUT2D eigenvalue weighted by atomic mass is 35.5. The Kier molecular flexibility index (Phi) is 7.39. The monoisotopic (exact) mass is 454 g/mol. The Labute approximate surface area is 181 Å². The van der Waals surface area contributed by atoms with Crippen LogP contribution in [0.5, 0.6) is 5.75 Å². The van der Waals surface area contributed by atoms with Gasteiger partial charge >= 0.3 is 5.97 Å². The molecule has 3 rings (SSSR count). The van der Waals surface area contributed by atoms with Gasteiger partial charge in [0.15, 0.2) is 22.5 Å². The first-order valence-electron chi connectivity index (χ1n) is 9.18. The zero-order valence-corrected chi connectivity index (χ0v) is 17.6. The van der Waals surface area contributed by atoms with Crippen LogP contribution in [0.2, 0.25) is 5.02 Å². The maximum Gasteiger partial charge on any atom is 0.306 e. The Morgan fingerprint density at radius 2 is 1.73 bits per heavy atom. The van der Waals surface area contributed by atoms with Crippen molar-refractivity contribution in [2.45, 2.75) is 26.4 Å². The van der Waals surface area contributed by atoms with Crippen molar-refractivity contribution in [2.75, 3.05) is 6.61 Å². The van der Waals surface area contributed by atoms with Gasteiger partial charge in [0, 0.05) is 17.0 Å². The first-order valence-corrected chi connectivity index (χ1v) is 10.4. The van der Waals surface area contributed by atoms with Gasteiger partial charge in [-0.1, -0.05) is 23.7 Å². The molecule has 2 aromatic carbocycles. The fourth-order valence-electron chi connectivity index (χ4n) is 2.89. The van der Waals surface area contributed by atoms with E-state index in [1.807, 2.05) is 0 Å². The summed E-state index contributed by atoms with van der Waals surface area (Å²) in [4.78, 5) is 11.9. The number of benzene rings is 2. The lowest BCUT2D eigenvalue weighted by atomic mass is 10.1. The Morgan fingerprint density at radius 1 is 1.07 bits per heavy atom. The van der Waals surface area contributed by atoms with Crippen LogP contribution in [-0.4, -0.2) is 12.6 Å². The average molecular weight is 455 g/mol. The first kappa shape index (κ1) is 22.2. The second-order valence-corrected chi connectivity index (χ2v) is 7.90. The minimum absolute atomic E-state index is 0.0197. The predicted molar refractivity (Wildman–Crippen MR) is 110 cm³/mol. The molecule has 0 spiro atoms. The molecule has 0 bridgehead atoms. The van der Waals surface area contributed by atoms with Crippen molar-refractivity contribution in [2.24, 2.45) is 0 Å². The van der Waals surface area contributed by atoms with Crippen molar-refractivity contribution >= 4 is 28.9 Å². The zero-order chi connectivity index (χ0) is 21.7. The van der Waals surface area contributed by atoms with Gasteiger partial charge in [-0.2, -0.15) is 4.39 Å². The molecule has 0 saturated heterocycles. The van der Waals surface area contributed by atoms with Gasteiger partial charge in [0.1, 0.15) is 6.61 Å². The minimum Gasteiger partial charge on any atom is -0.482 e. The summed E-state index contributed by atoms with van der Waals surface area (Å²) in [5, 5.41) is 0.105. The normalized spacial score (nSPS) is 10.8. The van der Waals surface area contributed by atoms with E-state index in [0.717, 1.165) is 23.5 Å². The molecule has 1 heterocycles. The van der Waals surface area contributed by atoms with Crippen molar-refractivity contribution in [3.05, 3.63) is 74.7 Å². The number of hydrogen-bond donors (Lipinski definition) is 0. The van der Waals surface area contributed by atoms with Crippen LogP contribution < -0.4 is 4.74 Å². The van der Waals surface area contributed by atoms with E-state index in [-0.39, 0.29) is 26.1 Å². The van der Waals surface area contributed by atoms with E-state index >= 15 is 0 Å². The van der Waals surface area contributed by atoms with E-state index in [0.29, 0.717) is 26.6 Å². The molecule has 0 aliphatic rings. The third-order valence-electron chi connectivity index (χ3n) is 4.26. The van der Waals surface area contributed by atoms with Crippen LogP contribution in [0.4, 0.5) is 13.2 Å². The van der Waals surface area contributed by atoms with Crippen LogP contribution in [0.3, 0.4) is 0 Å². The summed E-state index contributed by atoms with van der Waals surface area (Å²) < 4.78 is 52.8. The SMILES string of the molecule is CCOC(=O)CCc1cc(F)c(OCc2sc(F)cc2-c2ccc(Cl)cc2)c(F)c1. The number of hydrogen-bond acceptors (Lipinski definition) is 4. The second kappa shape index (κ2) is 10.00. The summed E-state index contributed by atoms with van der Waals surface area (Å²) >= 11 is 6.73. The molecule has 0 saturated carbocycles. The topological polar surface area (TPSA) is 35.5 Å². The Bertz CT molecular complexity index is 1010. The molecule has 3 aromatic rings. The summed E-state index contributed by atoms with van der Waals surface area (Å²) in [6.07, 6.45) is 0.162. The Balaban J connectivity index is 1.73. The molecule has 158 valence electrons. The van der Waals surface area contributed by atoms with Crippen LogP contribution in [0, 0.1) is 16.8 Å². The molecule has 30 heavy (non-hydrogen) atoms. The van der Waals surface area contributed by atoms with Crippen LogP contribution in [0.1, 0.15) is 23.8 Å². The molecule has 3 nitrogen and oxygen atoms in total. The highest BCUT2D eigenvalue weighted by molar-refractivity contribution is 7.10. The molecule has 0 fully saturated rings. The van der Waals surface area contributed by atoms with Crippen LogP contribution in [0.15, 0.2) is 42.5 Å². The molecule has 0 radical (unpaired) electrons. The van der Waals surface area contributed by atoms with E-state index in [2.05, 4.69) is 0 Å². The average Bonchev–Trinajstić information content (AvgIpc) is 3.07.